The van der Waals surface area contributed by atoms with E-state index in [0.717, 1.165) is 5.56 Å². The van der Waals surface area contributed by atoms with Crippen LogP contribution < -0.4 is 4.74 Å². The third kappa shape index (κ3) is 4.41. The monoisotopic (exact) mass is 345 g/mol. The molecule has 0 saturated carbocycles. The summed E-state index contributed by atoms with van der Waals surface area (Å²) in [6.45, 7) is -3.05. The lowest BCUT2D eigenvalue weighted by Crippen LogP contribution is -2.06. The number of hydrogen-bond acceptors (Lipinski definition) is 5. The van der Waals surface area contributed by atoms with Crippen molar-refractivity contribution in [3.63, 3.8) is 0 Å². The van der Waals surface area contributed by atoms with Crippen molar-refractivity contribution in [1.82, 2.24) is 4.98 Å². The molecule has 0 amide bonds. The fourth-order valence-corrected chi connectivity index (χ4v) is 2.10. The standard InChI is InChI=1S/C18H13F2NO4/c19-18(20)24-14-8-6-13(7-9-14)17(22)23-11-16-21-10-15(25-16)12-4-2-1-3-5-12/h1-10,18H,11H2. The summed E-state index contributed by atoms with van der Waals surface area (Å²) in [7, 11) is 0. The summed E-state index contributed by atoms with van der Waals surface area (Å²) in [5, 5.41) is 0. The highest BCUT2D eigenvalue weighted by molar-refractivity contribution is 5.89. The molecule has 0 aliphatic carbocycles. The van der Waals surface area contributed by atoms with E-state index in [4.69, 9.17) is 9.15 Å². The molecule has 0 radical (unpaired) electrons. The number of hydrogen-bond donors (Lipinski definition) is 0. The molecule has 0 atom stereocenters. The van der Waals surface area contributed by atoms with Crippen LogP contribution in [0.25, 0.3) is 11.3 Å². The second-order valence-electron chi connectivity index (χ2n) is 4.96. The normalized spacial score (nSPS) is 10.7. The topological polar surface area (TPSA) is 61.6 Å². The summed E-state index contributed by atoms with van der Waals surface area (Å²) < 4.78 is 39.0. The highest BCUT2D eigenvalue weighted by Crippen LogP contribution is 2.20. The fourth-order valence-electron chi connectivity index (χ4n) is 2.10. The Bertz CT molecular complexity index is 832. The average molecular weight is 345 g/mol. The molecule has 0 N–H and O–H groups in total. The van der Waals surface area contributed by atoms with Gasteiger partial charge in [-0.3, -0.25) is 0 Å². The Labute approximate surface area is 141 Å². The maximum atomic E-state index is 12.1. The molecule has 2 aromatic carbocycles. The Hall–Kier alpha value is -3.22. The van der Waals surface area contributed by atoms with Crippen molar-refractivity contribution in [3.05, 3.63) is 72.2 Å². The van der Waals surface area contributed by atoms with Crippen LogP contribution in [0.15, 0.2) is 65.2 Å². The van der Waals surface area contributed by atoms with Crippen LogP contribution in [-0.2, 0) is 11.3 Å². The van der Waals surface area contributed by atoms with E-state index in [1.165, 1.54) is 24.3 Å². The van der Waals surface area contributed by atoms with Crippen LogP contribution in [0.2, 0.25) is 0 Å². The van der Waals surface area contributed by atoms with Gasteiger partial charge >= 0.3 is 12.6 Å². The number of esters is 1. The number of ether oxygens (including phenoxy) is 2. The Balaban J connectivity index is 1.58. The molecule has 1 aromatic heterocycles. The lowest BCUT2D eigenvalue weighted by Gasteiger charge is -2.05. The van der Waals surface area contributed by atoms with E-state index in [1.807, 2.05) is 30.3 Å². The van der Waals surface area contributed by atoms with Gasteiger partial charge in [0.15, 0.2) is 12.4 Å². The molecule has 0 spiro atoms. The summed E-state index contributed by atoms with van der Waals surface area (Å²) in [4.78, 5) is 16.0. The summed E-state index contributed by atoms with van der Waals surface area (Å²) in [5.74, 6) is 0.166. The van der Waals surface area contributed by atoms with E-state index >= 15 is 0 Å². The van der Waals surface area contributed by atoms with Gasteiger partial charge in [-0.05, 0) is 24.3 Å². The summed E-state index contributed by atoms with van der Waals surface area (Å²) in [6, 6.07) is 14.6. The Morgan fingerprint density at radius 3 is 2.48 bits per heavy atom. The summed E-state index contributed by atoms with van der Waals surface area (Å²) >= 11 is 0. The largest absolute Gasteiger partial charge is 0.452 e. The molecule has 0 unspecified atom stereocenters. The molecule has 5 nitrogen and oxygen atoms in total. The molecule has 3 rings (SSSR count). The molecule has 128 valence electrons. The third-order valence-electron chi connectivity index (χ3n) is 3.25. The number of alkyl halides is 2. The minimum Gasteiger partial charge on any atom is -0.452 e. The predicted octanol–water partition coefficient (Wildman–Crippen LogP) is 4.30. The van der Waals surface area contributed by atoms with Crippen LogP contribution in [0.3, 0.4) is 0 Å². The first-order valence-corrected chi connectivity index (χ1v) is 7.34. The minimum absolute atomic E-state index is 0.0354. The van der Waals surface area contributed by atoms with Gasteiger partial charge in [-0.2, -0.15) is 8.78 Å². The minimum atomic E-state index is -2.92. The van der Waals surface area contributed by atoms with Crippen LogP contribution in [0.5, 0.6) is 5.75 Å². The second-order valence-corrected chi connectivity index (χ2v) is 4.96. The number of oxazole rings is 1. The fraction of sp³-hybridized carbons (Fsp3) is 0.111. The zero-order chi connectivity index (χ0) is 17.6. The van der Waals surface area contributed by atoms with Crippen LogP contribution in [-0.4, -0.2) is 17.6 Å². The third-order valence-corrected chi connectivity index (χ3v) is 3.25. The van der Waals surface area contributed by atoms with Gasteiger partial charge in [0.2, 0.25) is 5.89 Å². The molecule has 0 saturated heterocycles. The molecule has 1 heterocycles. The zero-order valence-corrected chi connectivity index (χ0v) is 12.9. The molecule has 0 aliphatic heterocycles. The van der Waals surface area contributed by atoms with Gasteiger partial charge in [0.25, 0.3) is 0 Å². The van der Waals surface area contributed by atoms with Gasteiger partial charge in [0.1, 0.15) is 5.75 Å². The van der Waals surface area contributed by atoms with Crippen molar-refractivity contribution < 1.29 is 27.5 Å². The molecule has 0 bridgehead atoms. The summed E-state index contributed by atoms with van der Waals surface area (Å²) in [5.41, 5.74) is 1.07. The molecule has 0 aliphatic rings. The van der Waals surface area contributed by atoms with E-state index in [9.17, 15) is 13.6 Å². The number of rotatable bonds is 6. The smallest absolute Gasteiger partial charge is 0.387 e. The molecule has 7 heteroatoms. The Morgan fingerprint density at radius 1 is 1.08 bits per heavy atom. The van der Waals surface area contributed by atoms with E-state index < -0.39 is 12.6 Å². The van der Waals surface area contributed by atoms with Crippen LogP contribution in [0.4, 0.5) is 8.78 Å². The van der Waals surface area contributed by atoms with Gasteiger partial charge in [-0.15, -0.1) is 0 Å². The summed E-state index contributed by atoms with van der Waals surface area (Å²) in [6.07, 6.45) is 1.55. The molecular formula is C18H13F2NO4. The lowest BCUT2D eigenvalue weighted by atomic mass is 10.2. The second kappa shape index (κ2) is 7.57. The van der Waals surface area contributed by atoms with Crippen molar-refractivity contribution in [2.75, 3.05) is 0 Å². The molecule has 25 heavy (non-hydrogen) atoms. The molecule has 3 aromatic rings. The first-order chi connectivity index (χ1) is 12.1. The quantitative estimate of drug-likeness (QED) is 0.623. The van der Waals surface area contributed by atoms with Crippen molar-refractivity contribution in [1.29, 1.82) is 0 Å². The lowest BCUT2D eigenvalue weighted by molar-refractivity contribution is -0.0498. The van der Waals surface area contributed by atoms with Crippen molar-refractivity contribution in [2.24, 2.45) is 0 Å². The maximum Gasteiger partial charge on any atom is 0.387 e. The van der Waals surface area contributed by atoms with Crippen LogP contribution >= 0.6 is 0 Å². The van der Waals surface area contributed by atoms with Gasteiger partial charge in [-0.1, -0.05) is 30.3 Å². The number of carbonyl (C=O) groups excluding carboxylic acids is 1. The Kier molecular flexibility index (Phi) is 5.03. The van der Waals surface area contributed by atoms with E-state index in [0.29, 0.717) is 5.76 Å². The highest BCUT2D eigenvalue weighted by atomic mass is 19.3. The number of halogens is 2. The maximum absolute atomic E-state index is 12.1. The van der Waals surface area contributed by atoms with Gasteiger partial charge in [0.05, 0.1) is 11.8 Å². The zero-order valence-electron chi connectivity index (χ0n) is 12.9. The van der Waals surface area contributed by atoms with Gasteiger partial charge in [0, 0.05) is 5.56 Å². The number of carbonyl (C=O) groups is 1. The average Bonchev–Trinajstić information content (AvgIpc) is 3.10. The first-order valence-electron chi connectivity index (χ1n) is 7.34. The van der Waals surface area contributed by atoms with Crippen molar-refractivity contribution >= 4 is 5.97 Å². The molecule has 0 fully saturated rings. The number of nitrogens with zero attached hydrogens (tertiary/aromatic N) is 1. The van der Waals surface area contributed by atoms with E-state index in [-0.39, 0.29) is 23.8 Å². The highest BCUT2D eigenvalue weighted by Gasteiger charge is 2.12. The van der Waals surface area contributed by atoms with E-state index in [1.54, 1.807) is 6.20 Å². The molecular weight excluding hydrogens is 332 g/mol. The SMILES string of the molecule is O=C(OCc1ncc(-c2ccccc2)o1)c1ccc(OC(F)F)cc1. The van der Waals surface area contributed by atoms with Crippen LogP contribution in [0.1, 0.15) is 16.2 Å². The van der Waals surface area contributed by atoms with Gasteiger partial charge in [-0.25, -0.2) is 9.78 Å². The van der Waals surface area contributed by atoms with Crippen molar-refractivity contribution in [3.8, 4) is 17.1 Å². The van der Waals surface area contributed by atoms with Crippen molar-refractivity contribution in [2.45, 2.75) is 13.2 Å². The first kappa shape index (κ1) is 16.6. The van der Waals surface area contributed by atoms with Gasteiger partial charge < -0.3 is 13.9 Å². The Morgan fingerprint density at radius 2 is 1.80 bits per heavy atom. The van der Waals surface area contributed by atoms with Crippen LogP contribution in [0, 0.1) is 0 Å². The predicted molar refractivity (Wildman–Crippen MR) is 84.1 cm³/mol. The van der Waals surface area contributed by atoms with E-state index in [2.05, 4.69) is 9.72 Å². The number of benzene rings is 2. The number of aromatic nitrogens is 1.